The molecule has 0 aromatic carbocycles. The van der Waals surface area contributed by atoms with Crippen molar-refractivity contribution in [2.24, 2.45) is 5.41 Å². The first-order valence-electron chi connectivity index (χ1n) is 7.58. The first-order valence-corrected chi connectivity index (χ1v) is 7.58. The third-order valence-corrected chi connectivity index (χ3v) is 5.09. The van der Waals surface area contributed by atoms with Crippen LogP contribution in [-0.2, 0) is 4.79 Å². The fourth-order valence-corrected chi connectivity index (χ4v) is 3.43. The summed E-state index contributed by atoms with van der Waals surface area (Å²) in [6.07, 6.45) is 5.72. The maximum Gasteiger partial charge on any atom is 0.309 e. The zero-order chi connectivity index (χ0) is 14.0. The third kappa shape index (κ3) is 3.48. The number of likely N-dealkylation sites (N-methyl/N-ethyl adjacent to an activating group) is 1. The minimum atomic E-state index is -0.679. The zero-order valence-corrected chi connectivity index (χ0v) is 12.6. The van der Waals surface area contributed by atoms with Crippen molar-refractivity contribution in [2.75, 3.05) is 26.7 Å². The molecule has 1 N–H and O–H groups in total. The Morgan fingerprint density at radius 3 is 2.63 bits per heavy atom. The molecule has 4 heteroatoms. The molecule has 2 heterocycles. The van der Waals surface area contributed by atoms with Gasteiger partial charge in [0, 0.05) is 18.6 Å². The maximum atomic E-state index is 11.1. The highest BCUT2D eigenvalue weighted by atomic mass is 16.4. The molecule has 2 fully saturated rings. The van der Waals surface area contributed by atoms with Crippen LogP contribution in [0.3, 0.4) is 0 Å². The van der Waals surface area contributed by atoms with Gasteiger partial charge >= 0.3 is 5.97 Å². The fraction of sp³-hybridized carbons (Fsp3) is 0.933. The number of nitrogens with zero attached hydrogens (tertiary/aromatic N) is 2. The minimum Gasteiger partial charge on any atom is -0.481 e. The molecule has 2 saturated heterocycles. The second-order valence-electron chi connectivity index (χ2n) is 6.93. The Morgan fingerprint density at radius 1 is 1.26 bits per heavy atom. The van der Waals surface area contributed by atoms with Crippen molar-refractivity contribution in [3.05, 3.63) is 0 Å². The van der Waals surface area contributed by atoms with Crippen LogP contribution in [0.25, 0.3) is 0 Å². The van der Waals surface area contributed by atoms with Crippen LogP contribution in [-0.4, -0.2) is 59.6 Å². The quantitative estimate of drug-likeness (QED) is 0.829. The van der Waals surface area contributed by atoms with Crippen LogP contribution in [0, 0.1) is 5.41 Å². The van der Waals surface area contributed by atoms with E-state index in [1.54, 1.807) is 0 Å². The number of carbonyl (C=O) groups is 1. The number of likely N-dealkylation sites (tertiary alicyclic amines) is 1. The largest absolute Gasteiger partial charge is 0.481 e. The highest BCUT2D eigenvalue weighted by Crippen LogP contribution is 2.29. The normalized spacial score (nSPS) is 29.4. The molecular formula is C15H28N2O2. The number of hydrogen-bond donors (Lipinski definition) is 1. The van der Waals surface area contributed by atoms with E-state index in [2.05, 4.69) is 16.8 Å². The molecule has 0 saturated carbocycles. The van der Waals surface area contributed by atoms with Crippen molar-refractivity contribution in [1.82, 2.24) is 9.80 Å². The second kappa shape index (κ2) is 5.80. The summed E-state index contributed by atoms with van der Waals surface area (Å²) < 4.78 is 0. The first-order chi connectivity index (χ1) is 8.90. The van der Waals surface area contributed by atoms with Gasteiger partial charge in [-0.3, -0.25) is 9.69 Å². The molecule has 19 heavy (non-hydrogen) atoms. The first kappa shape index (κ1) is 14.8. The van der Waals surface area contributed by atoms with E-state index >= 15 is 0 Å². The van der Waals surface area contributed by atoms with Gasteiger partial charge in [0.05, 0.1) is 5.41 Å². The monoisotopic (exact) mass is 268 g/mol. The van der Waals surface area contributed by atoms with Gasteiger partial charge in [-0.2, -0.15) is 0 Å². The molecule has 2 atom stereocenters. The van der Waals surface area contributed by atoms with Crippen LogP contribution in [0.1, 0.15) is 46.0 Å². The molecule has 2 bridgehead atoms. The SMILES string of the molecule is CN1C2CCC1CN(CCCC(C)(C)C(=O)O)CC2. The van der Waals surface area contributed by atoms with Gasteiger partial charge in [0.2, 0.25) is 0 Å². The maximum absolute atomic E-state index is 11.1. The van der Waals surface area contributed by atoms with E-state index in [0.29, 0.717) is 0 Å². The van der Waals surface area contributed by atoms with Crippen molar-refractivity contribution in [3.63, 3.8) is 0 Å². The highest BCUT2D eigenvalue weighted by Gasteiger charge is 2.34. The summed E-state index contributed by atoms with van der Waals surface area (Å²) in [7, 11) is 2.26. The lowest BCUT2D eigenvalue weighted by molar-refractivity contribution is -0.147. The van der Waals surface area contributed by atoms with Crippen LogP contribution >= 0.6 is 0 Å². The Kier molecular flexibility index (Phi) is 4.51. The van der Waals surface area contributed by atoms with Crippen LogP contribution in [0.15, 0.2) is 0 Å². The van der Waals surface area contributed by atoms with Gasteiger partial charge in [0.25, 0.3) is 0 Å². The number of fused-ring (bicyclic) bond motifs is 2. The second-order valence-corrected chi connectivity index (χ2v) is 6.93. The van der Waals surface area contributed by atoms with Crippen LogP contribution in [0.4, 0.5) is 0 Å². The van der Waals surface area contributed by atoms with Crippen molar-refractivity contribution in [2.45, 2.75) is 58.0 Å². The van der Waals surface area contributed by atoms with Crippen molar-refractivity contribution in [1.29, 1.82) is 0 Å². The molecule has 2 unspecified atom stereocenters. The highest BCUT2D eigenvalue weighted by molar-refractivity contribution is 5.73. The zero-order valence-electron chi connectivity index (χ0n) is 12.6. The lowest BCUT2D eigenvalue weighted by Crippen LogP contribution is -2.37. The third-order valence-electron chi connectivity index (χ3n) is 5.09. The van der Waals surface area contributed by atoms with E-state index in [4.69, 9.17) is 5.11 Å². The molecule has 0 amide bonds. The molecular weight excluding hydrogens is 240 g/mol. The predicted octanol–water partition coefficient (Wildman–Crippen LogP) is 2.05. The van der Waals surface area contributed by atoms with E-state index in [1.807, 2.05) is 13.8 Å². The van der Waals surface area contributed by atoms with Gasteiger partial charge in [0.15, 0.2) is 0 Å². The molecule has 0 aromatic rings. The summed E-state index contributed by atoms with van der Waals surface area (Å²) in [5.41, 5.74) is -0.582. The van der Waals surface area contributed by atoms with Gasteiger partial charge < -0.3 is 10.0 Å². The Morgan fingerprint density at radius 2 is 1.95 bits per heavy atom. The average molecular weight is 268 g/mol. The molecule has 2 aliphatic rings. The van der Waals surface area contributed by atoms with Crippen molar-refractivity contribution in [3.8, 4) is 0 Å². The number of rotatable bonds is 5. The predicted molar refractivity (Wildman–Crippen MR) is 76.3 cm³/mol. The minimum absolute atomic E-state index is 0.582. The summed E-state index contributed by atoms with van der Waals surface area (Å²) in [5.74, 6) is -0.679. The van der Waals surface area contributed by atoms with E-state index in [9.17, 15) is 4.79 Å². The molecule has 0 spiro atoms. The summed E-state index contributed by atoms with van der Waals surface area (Å²) in [6, 6.07) is 1.51. The molecule has 0 aliphatic carbocycles. The van der Waals surface area contributed by atoms with Crippen LogP contribution in [0.2, 0.25) is 0 Å². The van der Waals surface area contributed by atoms with Crippen molar-refractivity contribution >= 4 is 5.97 Å². The molecule has 2 aliphatic heterocycles. The van der Waals surface area contributed by atoms with Gasteiger partial charge in [0.1, 0.15) is 0 Å². The summed E-state index contributed by atoms with van der Waals surface area (Å²) in [6.45, 7) is 7.05. The molecule has 0 radical (unpaired) electrons. The lowest BCUT2D eigenvalue weighted by Gasteiger charge is -2.27. The molecule has 110 valence electrons. The van der Waals surface area contributed by atoms with E-state index in [-0.39, 0.29) is 0 Å². The Labute approximate surface area is 116 Å². The van der Waals surface area contributed by atoms with Gasteiger partial charge in [-0.15, -0.1) is 0 Å². The number of hydrogen-bond acceptors (Lipinski definition) is 3. The fourth-order valence-electron chi connectivity index (χ4n) is 3.43. The van der Waals surface area contributed by atoms with E-state index < -0.39 is 11.4 Å². The van der Waals surface area contributed by atoms with Gasteiger partial charge in [-0.05, 0) is 66.1 Å². The number of aliphatic carboxylic acids is 1. The molecule has 2 rings (SSSR count). The van der Waals surface area contributed by atoms with E-state index in [1.165, 1.54) is 32.4 Å². The van der Waals surface area contributed by atoms with Gasteiger partial charge in [-0.1, -0.05) is 0 Å². The average Bonchev–Trinajstić information content (AvgIpc) is 2.56. The molecule has 0 aromatic heterocycles. The molecule has 4 nitrogen and oxygen atoms in total. The van der Waals surface area contributed by atoms with E-state index in [0.717, 1.165) is 31.5 Å². The Balaban J connectivity index is 1.77. The standard InChI is InChI=1S/C15H28N2O2/c1-15(2,14(18)19)8-4-9-17-10-7-12-5-6-13(11-17)16(12)3/h12-13H,4-11H2,1-3H3,(H,18,19). The summed E-state index contributed by atoms with van der Waals surface area (Å²) in [4.78, 5) is 16.2. The van der Waals surface area contributed by atoms with Crippen LogP contribution < -0.4 is 0 Å². The lowest BCUT2D eigenvalue weighted by atomic mass is 9.88. The van der Waals surface area contributed by atoms with Crippen molar-refractivity contribution < 1.29 is 9.90 Å². The Bertz CT molecular complexity index is 330. The van der Waals surface area contributed by atoms with Gasteiger partial charge in [-0.25, -0.2) is 0 Å². The number of carboxylic acids is 1. The number of carboxylic acid groups (broad SMARTS) is 1. The Hall–Kier alpha value is -0.610. The summed E-state index contributed by atoms with van der Waals surface area (Å²) in [5, 5.41) is 9.12. The van der Waals surface area contributed by atoms with Crippen LogP contribution in [0.5, 0.6) is 0 Å². The topological polar surface area (TPSA) is 43.8 Å². The summed E-state index contributed by atoms with van der Waals surface area (Å²) >= 11 is 0. The smallest absolute Gasteiger partial charge is 0.309 e.